The molecule has 28 heavy (non-hydrogen) atoms. The highest BCUT2D eigenvalue weighted by molar-refractivity contribution is 5.87. The quantitative estimate of drug-likeness (QED) is 0.836. The van der Waals surface area contributed by atoms with E-state index in [0.717, 1.165) is 12.8 Å². The van der Waals surface area contributed by atoms with Gasteiger partial charge >= 0.3 is 6.09 Å². The van der Waals surface area contributed by atoms with Gasteiger partial charge in [-0.25, -0.2) is 4.79 Å². The van der Waals surface area contributed by atoms with E-state index in [2.05, 4.69) is 0 Å². The van der Waals surface area contributed by atoms with Crippen LogP contribution in [0.4, 0.5) is 4.79 Å². The minimum Gasteiger partial charge on any atom is -0.508 e. The van der Waals surface area contributed by atoms with Gasteiger partial charge in [-0.3, -0.25) is 9.69 Å². The molecule has 0 aromatic heterocycles. The zero-order valence-corrected chi connectivity index (χ0v) is 16.9. The summed E-state index contributed by atoms with van der Waals surface area (Å²) in [5.74, 6) is 0.0288. The highest BCUT2D eigenvalue weighted by atomic mass is 16.6. The highest BCUT2D eigenvalue weighted by Crippen LogP contribution is 2.26. The molecule has 0 aliphatic carbocycles. The van der Waals surface area contributed by atoms with Crippen molar-refractivity contribution in [3.63, 3.8) is 0 Å². The summed E-state index contributed by atoms with van der Waals surface area (Å²) in [7, 11) is 0. The van der Waals surface area contributed by atoms with E-state index in [4.69, 9.17) is 9.47 Å². The summed E-state index contributed by atoms with van der Waals surface area (Å²) < 4.78 is 11.1. The molecule has 7 heteroatoms. The number of phenols is 1. The van der Waals surface area contributed by atoms with Crippen LogP contribution < -0.4 is 0 Å². The number of para-hydroxylation sites is 1. The smallest absolute Gasteiger partial charge is 0.410 e. The number of likely N-dealkylation sites (tertiary alicyclic amines) is 1. The van der Waals surface area contributed by atoms with Crippen molar-refractivity contribution in [1.29, 1.82) is 0 Å². The summed E-state index contributed by atoms with van der Waals surface area (Å²) in [6, 6.07) is 6.47. The number of amides is 2. The van der Waals surface area contributed by atoms with Gasteiger partial charge in [-0.05, 0) is 46.1 Å². The number of carbonyl (C=O) groups excluding carboxylic acids is 2. The van der Waals surface area contributed by atoms with Crippen molar-refractivity contribution in [2.24, 2.45) is 0 Å². The van der Waals surface area contributed by atoms with Crippen LogP contribution in [0.5, 0.6) is 5.75 Å². The summed E-state index contributed by atoms with van der Waals surface area (Å²) >= 11 is 0. The third-order valence-corrected chi connectivity index (χ3v) is 5.05. The molecule has 0 spiro atoms. The second kappa shape index (κ2) is 8.39. The van der Waals surface area contributed by atoms with Crippen LogP contribution in [0.2, 0.25) is 0 Å². The molecule has 2 aliphatic heterocycles. The SMILES string of the molecule is CC(C)(C)OC(=O)N1CC[C@@H]1C(=O)N(Cc1ccccc1O)C[C@@H]1CCCO1. The molecule has 0 saturated carbocycles. The van der Waals surface area contributed by atoms with Crippen LogP contribution in [0.25, 0.3) is 0 Å². The van der Waals surface area contributed by atoms with Gasteiger partial charge in [0.2, 0.25) is 5.91 Å². The van der Waals surface area contributed by atoms with Gasteiger partial charge in [0.05, 0.1) is 6.10 Å². The van der Waals surface area contributed by atoms with Crippen molar-refractivity contribution >= 4 is 12.0 Å². The number of aromatic hydroxyl groups is 1. The Morgan fingerprint density at radius 3 is 2.61 bits per heavy atom. The van der Waals surface area contributed by atoms with Crippen molar-refractivity contribution in [2.75, 3.05) is 19.7 Å². The Hall–Kier alpha value is -2.28. The molecular formula is C21H30N2O5. The minimum absolute atomic E-state index is 0.00939. The fourth-order valence-corrected chi connectivity index (χ4v) is 3.51. The van der Waals surface area contributed by atoms with Gasteiger partial charge in [-0.2, -0.15) is 0 Å². The molecule has 2 fully saturated rings. The fraction of sp³-hybridized carbons (Fsp3) is 0.619. The van der Waals surface area contributed by atoms with Gasteiger partial charge in [0, 0.05) is 31.8 Å². The molecule has 7 nitrogen and oxygen atoms in total. The van der Waals surface area contributed by atoms with Gasteiger partial charge in [-0.15, -0.1) is 0 Å². The van der Waals surface area contributed by atoms with E-state index < -0.39 is 17.7 Å². The van der Waals surface area contributed by atoms with E-state index in [9.17, 15) is 14.7 Å². The number of phenolic OH excluding ortho intramolecular Hbond substituents is 1. The molecule has 2 heterocycles. The largest absolute Gasteiger partial charge is 0.508 e. The molecule has 2 aliphatic rings. The predicted octanol–water partition coefficient (Wildman–Crippen LogP) is 2.91. The molecule has 0 bridgehead atoms. The van der Waals surface area contributed by atoms with Crippen molar-refractivity contribution < 1.29 is 24.2 Å². The highest BCUT2D eigenvalue weighted by Gasteiger charge is 2.42. The van der Waals surface area contributed by atoms with E-state index in [0.29, 0.717) is 31.7 Å². The molecule has 154 valence electrons. The van der Waals surface area contributed by atoms with Crippen LogP contribution in [0.15, 0.2) is 24.3 Å². The number of rotatable bonds is 5. The van der Waals surface area contributed by atoms with E-state index >= 15 is 0 Å². The number of nitrogens with zero attached hydrogens (tertiary/aromatic N) is 2. The zero-order chi connectivity index (χ0) is 20.3. The Labute approximate surface area is 166 Å². The molecule has 1 N–H and O–H groups in total. The molecule has 1 aromatic rings. The second-order valence-electron chi connectivity index (χ2n) is 8.46. The van der Waals surface area contributed by atoms with Crippen LogP contribution in [0.3, 0.4) is 0 Å². The van der Waals surface area contributed by atoms with Crippen LogP contribution in [-0.4, -0.2) is 64.4 Å². The van der Waals surface area contributed by atoms with Gasteiger partial charge in [0.25, 0.3) is 0 Å². The maximum atomic E-state index is 13.2. The minimum atomic E-state index is -0.604. The van der Waals surface area contributed by atoms with Crippen molar-refractivity contribution in [3.8, 4) is 5.75 Å². The first kappa shape index (κ1) is 20.5. The Morgan fingerprint density at radius 1 is 1.29 bits per heavy atom. The third-order valence-electron chi connectivity index (χ3n) is 5.05. The molecule has 2 saturated heterocycles. The average molecular weight is 390 g/mol. The molecule has 2 atom stereocenters. The fourth-order valence-electron chi connectivity index (χ4n) is 3.51. The summed E-state index contributed by atoms with van der Waals surface area (Å²) in [6.07, 6.45) is 2.03. The number of hydrogen-bond acceptors (Lipinski definition) is 5. The first-order valence-corrected chi connectivity index (χ1v) is 9.91. The maximum Gasteiger partial charge on any atom is 0.410 e. The summed E-state index contributed by atoms with van der Waals surface area (Å²) in [6.45, 7) is 7.37. The first-order chi connectivity index (χ1) is 13.2. The normalized spacial score (nSPS) is 21.9. The van der Waals surface area contributed by atoms with Gasteiger partial charge < -0.3 is 19.5 Å². The van der Waals surface area contributed by atoms with Crippen LogP contribution in [0.1, 0.15) is 45.6 Å². The van der Waals surface area contributed by atoms with Gasteiger partial charge in [0.15, 0.2) is 0 Å². The average Bonchev–Trinajstić information content (AvgIpc) is 3.06. The lowest BCUT2D eigenvalue weighted by molar-refractivity contribution is -0.143. The number of ether oxygens (including phenoxy) is 2. The van der Waals surface area contributed by atoms with Crippen LogP contribution in [0, 0.1) is 0 Å². The number of benzene rings is 1. The van der Waals surface area contributed by atoms with E-state index in [1.165, 1.54) is 4.90 Å². The Balaban J connectivity index is 1.72. The van der Waals surface area contributed by atoms with Gasteiger partial charge in [-0.1, -0.05) is 18.2 Å². The summed E-state index contributed by atoms with van der Waals surface area (Å²) in [4.78, 5) is 28.8. The molecule has 0 unspecified atom stereocenters. The van der Waals surface area contributed by atoms with Crippen molar-refractivity contribution in [3.05, 3.63) is 29.8 Å². The van der Waals surface area contributed by atoms with E-state index in [1.54, 1.807) is 23.1 Å². The lowest BCUT2D eigenvalue weighted by atomic mass is 10.0. The number of hydrogen-bond donors (Lipinski definition) is 1. The lowest BCUT2D eigenvalue weighted by Crippen LogP contribution is -2.60. The summed E-state index contributed by atoms with van der Waals surface area (Å²) in [5.41, 5.74) is 0.0741. The molecule has 1 aromatic carbocycles. The standard InChI is InChI=1S/C21H30N2O5/c1-21(2,3)28-20(26)23-11-10-17(23)19(25)22(14-16-8-6-12-27-16)13-15-7-4-5-9-18(15)24/h4-5,7,9,16-17,24H,6,8,10-14H2,1-3H3/t16-,17+/m0/s1. The monoisotopic (exact) mass is 390 g/mol. The summed E-state index contributed by atoms with van der Waals surface area (Å²) in [5, 5.41) is 10.1. The van der Waals surface area contributed by atoms with Crippen LogP contribution in [-0.2, 0) is 20.8 Å². The Bertz CT molecular complexity index is 709. The van der Waals surface area contributed by atoms with Gasteiger partial charge in [0.1, 0.15) is 17.4 Å². The van der Waals surface area contributed by atoms with Crippen LogP contribution >= 0.6 is 0 Å². The third kappa shape index (κ3) is 4.95. The maximum absolute atomic E-state index is 13.2. The number of carbonyl (C=O) groups is 2. The molecular weight excluding hydrogens is 360 g/mol. The second-order valence-corrected chi connectivity index (χ2v) is 8.46. The van der Waals surface area contributed by atoms with Crippen molar-refractivity contribution in [1.82, 2.24) is 9.80 Å². The zero-order valence-electron chi connectivity index (χ0n) is 16.9. The molecule has 3 rings (SSSR count). The van der Waals surface area contributed by atoms with E-state index in [1.807, 2.05) is 26.8 Å². The molecule has 2 amide bonds. The molecule has 0 radical (unpaired) electrons. The topological polar surface area (TPSA) is 79.3 Å². The predicted molar refractivity (Wildman–Crippen MR) is 104 cm³/mol. The van der Waals surface area contributed by atoms with Crippen molar-refractivity contribution in [2.45, 2.75) is 64.3 Å². The Morgan fingerprint density at radius 2 is 2.04 bits per heavy atom. The lowest BCUT2D eigenvalue weighted by Gasteiger charge is -2.42. The van der Waals surface area contributed by atoms with E-state index in [-0.39, 0.29) is 24.3 Å². The first-order valence-electron chi connectivity index (χ1n) is 9.91. The Kier molecular flexibility index (Phi) is 6.13.